The first-order valence-corrected chi connectivity index (χ1v) is 5.71. The maximum absolute atomic E-state index is 12.3. The van der Waals surface area contributed by atoms with Crippen LogP contribution in [0.4, 0.5) is 0 Å². The molecule has 1 heterocycles. The van der Waals surface area contributed by atoms with Gasteiger partial charge in [-0.2, -0.15) is 0 Å². The van der Waals surface area contributed by atoms with Crippen molar-refractivity contribution in [2.24, 2.45) is 0 Å². The van der Waals surface area contributed by atoms with Crippen LogP contribution in [0.1, 0.15) is 28.8 Å². The molecule has 0 aromatic heterocycles. The molecule has 0 saturated carbocycles. The van der Waals surface area contributed by atoms with Gasteiger partial charge in [0.25, 0.3) is 5.91 Å². The van der Waals surface area contributed by atoms with Gasteiger partial charge in [0.1, 0.15) is 0 Å². The molecular formula is C13H17NO2. The average Bonchev–Trinajstić information content (AvgIpc) is 2.77. The molecule has 86 valence electrons. The molecule has 0 aliphatic carbocycles. The van der Waals surface area contributed by atoms with E-state index >= 15 is 0 Å². The number of likely N-dealkylation sites (tertiary alicyclic amines) is 1. The highest BCUT2D eigenvalue weighted by atomic mass is 16.3. The van der Waals surface area contributed by atoms with Gasteiger partial charge < -0.3 is 10.0 Å². The van der Waals surface area contributed by atoms with Crippen molar-refractivity contribution in [3.8, 4) is 0 Å². The number of rotatable bonds is 2. The second kappa shape index (κ2) is 4.66. The van der Waals surface area contributed by atoms with Crippen molar-refractivity contribution in [2.75, 3.05) is 13.2 Å². The first kappa shape index (κ1) is 11.1. The number of amides is 1. The highest BCUT2D eigenvalue weighted by Gasteiger charge is 2.29. The molecule has 3 heteroatoms. The fourth-order valence-corrected chi connectivity index (χ4v) is 2.26. The number of aliphatic hydroxyl groups excluding tert-OH is 1. The Morgan fingerprint density at radius 1 is 1.50 bits per heavy atom. The molecule has 1 amide bonds. The van der Waals surface area contributed by atoms with Crippen molar-refractivity contribution in [1.29, 1.82) is 0 Å². The summed E-state index contributed by atoms with van der Waals surface area (Å²) >= 11 is 0. The second-order valence-corrected chi connectivity index (χ2v) is 4.29. The summed E-state index contributed by atoms with van der Waals surface area (Å²) in [7, 11) is 0. The van der Waals surface area contributed by atoms with Crippen molar-refractivity contribution >= 4 is 5.91 Å². The lowest BCUT2D eigenvalue weighted by Crippen LogP contribution is -2.37. The normalized spacial score (nSPS) is 20.1. The van der Waals surface area contributed by atoms with E-state index in [9.17, 15) is 9.90 Å². The molecule has 0 bridgehead atoms. The van der Waals surface area contributed by atoms with Crippen molar-refractivity contribution in [1.82, 2.24) is 4.90 Å². The van der Waals surface area contributed by atoms with Gasteiger partial charge in [-0.1, -0.05) is 18.2 Å². The Hall–Kier alpha value is -1.35. The molecule has 1 aliphatic heterocycles. The third kappa shape index (κ3) is 1.95. The Morgan fingerprint density at radius 2 is 2.25 bits per heavy atom. The zero-order valence-corrected chi connectivity index (χ0v) is 9.52. The first-order valence-electron chi connectivity index (χ1n) is 5.71. The summed E-state index contributed by atoms with van der Waals surface area (Å²) in [6.07, 6.45) is 1.90. The molecule has 0 spiro atoms. The monoisotopic (exact) mass is 219 g/mol. The summed E-state index contributed by atoms with van der Waals surface area (Å²) in [5.41, 5.74) is 1.75. The van der Waals surface area contributed by atoms with Crippen LogP contribution in [0.25, 0.3) is 0 Å². The average molecular weight is 219 g/mol. The molecule has 16 heavy (non-hydrogen) atoms. The van der Waals surface area contributed by atoms with Gasteiger partial charge >= 0.3 is 0 Å². The van der Waals surface area contributed by atoms with E-state index in [1.54, 1.807) is 4.90 Å². The fraction of sp³-hybridized carbons (Fsp3) is 0.462. The molecule has 0 radical (unpaired) electrons. The minimum absolute atomic E-state index is 0.00658. The van der Waals surface area contributed by atoms with Crippen LogP contribution in [-0.4, -0.2) is 35.1 Å². The molecule has 1 fully saturated rings. The number of benzene rings is 1. The number of aryl methyl sites for hydroxylation is 1. The van der Waals surface area contributed by atoms with Crippen LogP contribution in [0.3, 0.4) is 0 Å². The summed E-state index contributed by atoms with van der Waals surface area (Å²) in [6.45, 7) is 2.77. The number of nitrogens with zero attached hydrogens (tertiary/aromatic N) is 1. The van der Waals surface area contributed by atoms with Gasteiger partial charge in [0.2, 0.25) is 0 Å². The van der Waals surface area contributed by atoms with E-state index in [4.69, 9.17) is 0 Å². The summed E-state index contributed by atoms with van der Waals surface area (Å²) in [4.78, 5) is 14.0. The summed E-state index contributed by atoms with van der Waals surface area (Å²) < 4.78 is 0. The Morgan fingerprint density at radius 3 is 2.94 bits per heavy atom. The number of aliphatic hydroxyl groups is 1. The summed E-state index contributed by atoms with van der Waals surface area (Å²) in [6, 6.07) is 7.61. The molecule has 1 saturated heterocycles. The van der Waals surface area contributed by atoms with Gasteiger partial charge in [0, 0.05) is 12.1 Å². The molecule has 0 unspecified atom stereocenters. The summed E-state index contributed by atoms with van der Waals surface area (Å²) in [5.74, 6) is 0.0506. The topological polar surface area (TPSA) is 40.5 Å². The minimum atomic E-state index is 0.00658. The van der Waals surface area contributed by atoms with E-state index in [1.165, 1.54) is 0 Å². The van der Waals surface area contributed by atoms with Gasteiger partial charge in [-0.25, -0.2) is 0 Å². The van der Waals surface area contributed by atoms with Crippen LogP contribution in [0, 0.1) is 6.92 Å². The van der Waals surface area contributed by atoms with E-state index < -0.39 is 0 Å². The number of carbonyl (C=O) groups excluding carboxylic acids is 1. The lowest BCUT2D eigenvalue weighted by Gasteiger charge is -2.23. The van der Waals surface area contributed by atoms with Crippen LogP contribution in [0.15, 0.2) is 24.3 Å². The van der Waals surface area contributed by atoms with Crippen molar-refractivity contribution in [2.45, 2.75) is 25.8 Å². The second-order valence-electron chi connectivity index (χ2n) is 4.29. The predicted octanol–water partition coefficient (Wildman–Crippen LogP) is 1.59. The number of hydrogen-bond donors (Lipinski definition) is 1. The quantitative estimate of drug-likeness (QED) is 0.820. The largest absolute Gasteiger partial charge is 0.394 e. The van der Waals surface area contributed by atoms with E-state index in [0.717, 1.165) is 30.5 Å². The standard InChI is InChI=1S/C13H17NO2/c1-10-5-2-3-7-12(10)13(16)14-8-4-6-11(14)9-15/h2-3,5,7,11,15H,4,6,8-9H2,1H3/t11-/m1/s1. The third-order valence-corrected chi connectivity index (χ3v) is 3.22. The molecule has 1 aromatic rings. The van der Waals surface area contributed by atoms with E-state index in [0.29, 0.717) is 0 Å². The lowest BCUT2D eigenvalue weighted by atomic mass is 10.1. The Labute approximate surface area is 95.7 Å². The Kier molecular flexibility index (Phi) is 3.25. The molecular weight excluding hydrogens is 202 g/mol. The van der Waals surface area contributed by atoms with E-state index in [2.05, 4.69) is 0 Å². The van der Waals surface area contributed by atoms with Crippen LogP contribution in [-0.2, 0) is 0 Å². The van der Waals surface area contributed by atoms with Gasteiger partial charge in [-0.05, 0) is 31.4 Å². The van der Waals surface area contributed by atoms with Crippen molar-refractivity contribution in [3.05, 3.63) is 35.4 Å². The van der Waals surface area contributed by atoms with Crippen molar-refractivity contribution in [3.63, 3.8) is 0 Å². The lowest BCUT2D eigenvalue weighted by molar-refractivity contribution is 0.0677. The van der Waals surface area contributed by atoms with Crippen LogP contribution in [0.2, 0.25) is 0 Å². The molecule has 1 aromatic carbocycles. The van der Waals surface area contributed by atoms with Gasteiger partial charge in [-0.3, -0.25) is 4.79 Å². The number of hydrogen-bond acceptors (Lipinski definition) is 2. The fourth-order valence-electron chi connectivity index (χ4n) is 2.26. The van der Waals surface area contributed by atoms with E-state index in [1.807, 2.05) is 31.2 Å². The van der Waals surface area contributed by atoms with Gasteiger partial charge in [0.15, 0.2) is 0 Å². The maximum Gasteiger partial charge on any atom is 0.254 e. The first-order chi connectivity index (χ1) is 7.74. The van der Waals surface area contributed by atoms with Crippen LogP contribution < -0.4 is 0 Å². The van der Waals surface area contributed by atoms with Crippen LogP contribution in [0.5, 0.6) is 0 Å². The number of carbonyl (C=O) groups is 1. The molecule has 3 nitrogen and oxygen atoms in total. The Balaban J connectivity index is 2.22. The van der Waals surface area contributed by atoms with E-state index in [-0.39, 0.29) is 18.6 Å². The summed E-state index contributed by atoms with van der Waals surface area (Å²) in [5, 5.41) is 9.21. The SMILES string of the molecule is Cc1ccccc1C(=O)N1CCC[C@@H]1CO. The van der Waals surface area contributed by atoms with Crippen molar-refractivity contribution < 1.29 is 9.90 Å². The Bertz CT molecular complexity index is 389. The smallest absolute Gasteiger partial charge is 0.254 e. The molecule has 1 aliphatic rings. The predicted molar refractivity (Wildman–Crippen MR) is 62.3 cm³/mol. The van der Waals surface area contributed by atoms with Gasteiger partial charge in [-0.15, -0.1) is 0 Å². The zero-order valence-electron chi connectivity index (χ0n) is 9.52. The maximum atomic E-state index is 12.3. The minimum Gasteiger partial charge on any atom is -0.394 e. The molecule has 1 N–H and O–H groups in total. The van der Waals surface area contributed by atoms with Crippen LogP contribution >= 0.6 is 0 Å². The third-order valence-electron chi connectivity index (χ3n) is 3.22. The highest BCUT2D eigenvalue weighted by Crippen LogP contribution is 2.20. The molecule has 1 atom stereocenters. The van der Waals surface area contributed by atoms with Gasteiger partial charge in [0.05, 0.1) is 12.6 Å². The highest BCUT2D eigenvalue weighted by molar-refractivity contribution is 5.96. The molecule has 2 rings (SSSR count). The zero-order chi connectivity index (χ0) is 11.5.